The number of carboxylic acid groups (broad SMARTS) is 2. The van der Waals surface area contributed by atoms with E-state index in [9.17, 15) is 24.6 Å². The smallest absolute Gasteiger partial charge is 0.317 e. The molecule has 24 heteroatoms. The molecular weight excluding hydrogens is 1030 g/mol. The van der Waals surface area contributed by atoms with Crippen molar-refractivity contribution in [2.24, 2.45) is 0 Å². The van der Waals surface area contributed by atoms with E-state index in [1.807, 2.05) is 9.80 Å². The quantitative estimate of drug-likeness (QED) is 0.0468. The third-order valence-electron chi connectivity index (χ3n) is 11.8. The Morgan fingerprint density at radius 3 is 1.14 bits per heavy atom. The molecule has 2 N–H and O–H groups in total. The molecule has 0 atom stereocenters. The number of aliphatic carboxylic acids is 2. The van der Waals surface area contributed by atoms with Gasteiger partial charge in [-0.3, -0.25) is 29.1 Å². The highest BCUT2D eigenvalue weighted by molar-refractivity contribution is 7.80. The number of Topliss-reactive ketones (excluding diaryl/α,β-unsaturated/α-hetero) is 1. The van der Waals surface area contributed by atoms with Gasteiger partial charge in [0.2, 0.25) is 5.82 Å². The van der Waals surface area contributed by atoms with Crippen LogP contribution in [0.4, 0.5) is 0 Å². The monoisotopic (exact) mass is 1120 g/mol. The van der Waals surface area contributed by atoms with Gasteiger partial charge in [-0.05, 0) is 35.3 Å². The number of carbonyl (C=O) groups excluding carboxylic acids is 1. The zero-order valence-corrected chi connectivity index (χ0v) is 46.1. The molecule has 1 saturated heterocycles. The molecule has 23 nitrogen and oxygen atoms in total. The van der Waals surface area contributed by atoms with Crippen LogP contribution in [-0.4, -0.2) is 266 Å². The van der Waals surface area contributed by atoms with Gasteiger partial charge in [-0.2, -0.15) is 0 Å². The van der Waals surface area contributed by atoms with Gasteiger partial charge in [-0.1, -0.05) is 60.7 Å². The van der Waals surface area contributed by atoms with Crippen molar-refractivity contribution in [3.8, 4) is 11.4 Å². The minimum atomic E-state index is -0.884. The Morgan fingerprint density at radius 1 is 0.436 bits per heavy atom. The van der Waals surface area contributed by atoms with Crippen LogP contribution in [0.3, 0.4) is 0 Å². The zero-order chi connectivity index (χ0) is 55.4. The van der Waals surface area contributed by atoms with Gasteiger partial charge in [0.15, 0.2) is 12.1 Å². The lowest BCUT2D eigenvalue weighted by atomic mass is 10.0. The number of hydrogen-bond acceptors (Lipinski definition) is 22. The van der Waals surface area contributed by atoms with Crippen molar-refractivity contribution in [1.82, 2.24) is 35.1 Å². The summed E-state index contributed by atoms with van der Waals surface area (Å²) in [5.41, 5.74) is 3.67. The van der Waals surface area contributed by atoms with Gasteiger partial charge in [0.05, 0.1) is 145 Å². The van der Waals surface area contributed by atoms with Crippen molar-refractivity contribution in [3.63, 3.8) is 0 Å². The number of aromatic nitrogens is 4. The molecule has 0 amide bonds. The molecule has 0 spiro atoms. The fourth-order valence-corrected chi connectivity index (χ4v) is 7.97. The Labute approximate surface area is 464 Å². The molecule has 0 aliphatic carbocycles. The standard InChI is InChI=1S/C54H83N7O16S/c62-51(48-9-11-49(12-10-48)54-57-55-45-56-58-54)4-2-20-68-22-24-70-26-28-72-30-32-74-34-36-76-38-40-77-39-37-75-35-33-73-31-29-71-27-25-69-23-21-67-19-1-3-50(78)41-46-5-7-47(8-6-46)42-59-13-15-60(43-52(63)64)17-18-61(16-14-59)44-53(65)66/h5-12,45H,1-4,13-44H2,(H,63,64)(H,65,66). The van der Waals surface area contributed by atoms with Gasteiger partial charge in [0.1, 0.15) is 0 Å². The van der Waals surface area contributed by atoms with Crippen LogP contribution in [0.2, 0.25) is 0 Å². The van der Waals surface area contributed by atoms with E-state index in [0.29, 0.717) is 215 Å². The molecule has 0 unspecified atom stereocenters. The Hall–Kier alpha value is -4.48. The zero-order valence-electron chi connectivity index (χ0n) is 45.3. The van der Waals surface area contributed by atoms with E-state index in [2.05, 4.69) is 49.6 Å². The first-order valence-corrected chi connectivity index (χ1v) is 27.4. The number of hydrogen-bond donors (Lipinski definition) is 2. The largest absolute Gasteiger partial charge is 0.480 e. The molecule has 2 heterocycles. The summed E-state index contributed by atoms with van der Waals surface area (Å²) in [7, 11) is 0. The van der Waals surface area contributed by atoms with Gasteiger partial charge in [0.25, 0.3) is 0 Å². The molecule has 0 radical (unpaired) electrons. The maximum Gasteiger partial charge on any atom is 0.317 e. The first-order valence-electron chi connectivity index (χ1n) is 26.9. The summed E-state index contributed by atoms with van der Waals surface area (Å²) in [6.45, 7) is 14.8. The van der Waals surface area contributed by atoms with E-state index >= 15 is 0 Å². The number of carbonyl (C=O) groups is 3. The minimum Gasteiger partial charge on any atom is -0.480 e. The lowest BCUT2D eigenvalue weighted by Crippen LogP contribution is -2.40. The highest BCUT2D eigenvalue weighted by atomic mass is 32.1. The fourth-order valence-electron chi connectivity index (χ4n) is 7.65. The first kappa shape index (κ1) is 66.0. The molecule has 4 rings (SSSR count). The molecule has 3 aromatic rings. The van der Waals surface area contributed by atoms with Gasteiger partial charge in [-0.15, -0.1) is 20.4 Å². The van der Waals surface area contributed by atoms with E-state index in [1.165, 1.54) is 6.33 Å². The summed E-state index contributed by atoms with van der Waals surface area (Å²) in [5.74, 6) is -1.31. The second-order valence-electron chi connectivity index (χ2n) is 18.0. The van der Waals surface area contributed by atoms with E-state index in [1.54, 1.807) is 24.3 Å². The molecule has 78 heavy (non-hydrogen) atoms. The maximum absolute atomic E-state index is 12.4. The number of ether oxygens (including phenoxy) is 11. The molecule has 0 bridgehead atoms. The lowest BCUT2D eigenvalue weighted by molar-refractivity contribution is -0.140. The van der Waals surface area contributed by atoms with Crippen LogP contribution < -0.4 is 0 Å². The van der Waals surface area contributed by atoms with Crippen molar-refractivity contribution in [2.45, 2.75) is 38.6 Å². The lowest BCUT2D eigenvalue weighted by Gasteiger charge is -2.25. The summed E-state index contributed by atoms with van der Waals surface area (Å²) in [5, 5.41) is 33.9. The first-order chi connectivity index (χ1) is 38.2. The van der Waals surface area contributed by atoms with Gasteiger partial charge in [-0.25, -0.2) is 0 Å². The van der Waals surface area contributed by atoms with Crippen LogP contribution in [-0.2, 0) is 74.7 Å². The third-order valence-corrected chi connectivity index (χ3v) is 12.1. The fraction of sp³-hybridized carbons (Fsp3) is 0.667. The van der Waals surface area contributed by atoms with Crippen LogP contribution in [0, 0.1) is 0 Å². The molecular formula is C54H83N7O16S. The van der Waals surface area contributed by atoms with E-state index in [-0.39, 0.29) is 18.9 Å². The Morgan fingerprint density at radius 2 is 0.769 bits per heavy atom. The van der Waals surface area contributed by atoms with Crippen molar-refractivity contribution in [2.75, 3.05) is 198 Å². The van der Waals surface area contributed by atoms with Crippen LogP contribution in [0.25, 0.3) is 11.4 Å². The Kier molecular flexibility index (Phi) is 37.5. The molecule has 1 aromatic heterocycles. The third kappa shape index (κ3) is 33.8. The highest BCUT2D eigenvalue weighted by Crippen LogP contribution is 2.16. The average Bonchev–Trinajstić information content (AvgIpc) is 3.52. The topological polar surface area (TPSA) is 254 Å². The Balaban J connectivity index is 0.799. The SMILES string of the molecule is O=C(O)CN1CCN(CC(=O)O)CCN(Cc2ccc(CC(=S)CCCOCCOCCOCCOCCOCCOCCOCCOCCOCCOCCOCCCC(=O)c3ccc(-c4nncnn4)cc3)cc2)CC1. The van der Waals surface area contributed by atoms with Crippen molar-refractivity contribution >= 4 is 34.8 Å². The number of benzene rings is 2. The van der Waals surface area contributed by atoms with Crippen LogP contribution in [0.1, 0.15) is 47.2 Å². The summed E-state index contributed by atoms with van der Waals surface area (Å²) in [6.07, 6.45) is 4.65. The molecule has 0 saturated carbocycles. The molecule has 2 aromatic carbocycles. The molecule has 1 fully saturated rings. The summed E-state index contributed by atoms with van der Waals surface area (Å²) in [4.78, 5) is 42.1. The number of nitrogens with zero attached hydrogens (tertiary/aromatic N) is 7. The van der Waals surface area contributed by atoms with E-state index < -0.39 is 11.9 Å². The van der Waals surface area contributed by atoms with Gasteiger partial charge < -0.3 is 62.3 Å². The van der Waals surface area contributed by atoms with Crippen LogP contribution >= 0.6 is 12.2 Å². The number of rotatable bonds is 48. The summed E-state index contributed by atoms with van der Waals surface area (Å²) < 4.78 is 61.2. The predicted octanol–water partition coefficient (Wildman–Crippen LogP) is 3.06. The predicted molar refractivity (Wildman–Crippen MR) is 291 cm³/mol. The second-order valence-corrected chi connectivity index (χ2v) is 18.5. The average molecular weight is 1120 g/mol. The number of ketones is 1. The van der Waals surface area contributed by atoms with Crippen LogP contribution in [0.15, 0.2) is 54.9 Å². The van der Waals surface area contributed by atoms with E-state index in [4.69, 9.17) is 64.3 Å². The molecule has 1 aliphatic heterocycles. The van der Waals surface area contributed by atoms with Gasteiger partial charge in [0, 0.05) is 83.0 Å². The number of thiocarbonyl (C=S) groups is 1. The molecule has 436 valence electrons. The van der Waals surface area contributed by atoms with Crippen molar-refractivity contribution in [3.05, 3.63) is 71.5 Å². The van der Waals surface area contributed by atoms with E-state index in [0.717, 1.165) is 40.8 Å². The summed E-state index contributed by atoms with van der Waals surface area (Å²) in [6, 6.07) is 15.5. The minimum absolute atomic E-state index is 0.0491. The second kappa shape index (κ2) is 44.3. The summed E-state index contributed by atoms with van der Waals surface area (Å²) >= 11 is 5.66. The van der Waals surface area contributed by atoms with Crippen LogP contribution in [0.5, 0.6) is 0 Å². The highest BCUT2D eigenvalue weighted by Gasteiger charge is 2.20. The Bertz CT molecular complexity index is 1990. The number of carboxylic acids is 2. The normalized spacial score (nSPS) is 13.8. The van der Waals surface area contributed by atoms with Crippen molar-refractivity contribution in [1.29, 1.82) is 0 Å². The van der Waals surface area contributed by atoms with Crippen molar-refractivity contribution < 1.29 is 76.7 Å². The maximum atomic E-state index is 12.4. The molecule has 1 aliphatic rings. The van der Waals surface area contributed by atoms with Gasteiger partial charge >= 0.3 is 11.9 Å².